The van der Waals surface area contributed by atoms with Crippen molar-refractivity contribution < 1.29 is 23.9 Å². The zero-order chi connectivity index (χ0) is 35.0. The van der Waals surface area contributed by atoms with Gasteiger partial charge in [-0.2, -0.15) is 0 Å². The number of aromatic nitrogens is 1. The molecule has 9 rings (SSSR count). The lowest BCUT2D eigenvalue weighted by molar-refractivity contribution is -0.123. The van der Waals surface area contributed by atoms with Crippen LogP contribution in [0, 0.1) is 29.6 Å². The third-order valence-electron chi connectivity index (χ3n) is 10.9. The average molecular weight is 738 g/mol. The number of thiazole rings is 1. The van der Waals surface area contributed by atoms with Crippen molar-refractivity contribution in [2.24, 2.45) is 29.6 Å². The maximum atomic E-state index is 14.1. The van der Waals surface area contributed by atoms with Gasteiger partial charge in [-0.05, 0) is 84.5 Å². The number of rotatable bonds is 8. The van der Waals surface area contributed by atoms with Crippen molar-refractivity contribution in [3.05, 3.63) is 110 Å². The molecule has 7 atom stereocenters. The van der Waals surface area contributed by atoms with E-state index in [1.165, 1.54) is 16.2 Å². The molecule has 2 saturated carbocycles. The molecule has 2 aliphatic heterocycles. The Morgan fingerprint density at radius 3 is 2.49 bits per heavy atom. The van der Waals surface area contributed by atoms with Gasteiger partial charge in [0.15, 0.2) is 18.1 Å². The quantitative estimate of drug-likeness (QED) is 0.160. The zero-order valence-corrected chi connectivity index (χ0v) is 29.7. The fourth-order valence-corrected chi connectivity index (χ4v) is 12.0. The summed E-state index contributed by atoms with van der Waals surface area (Å²) in [5.41, 5.74) is 2.19. The van der Waals surface area contributed by atoms with Gasteiger partial charge in [-0.3, -0.25) is 24.1 Å². The molecule has 1 saturated heterocycles. The summed E-state index contributed by atoms with van der Waals surface area (Å²) < 4.78 is 12.1. The first-order valence-electron chi connectivity index (χ1n) is 17.0. The molecule has 2 bridgehead atoms. The van der Waals surface area contributed by atoms with Gasteiger partial charge in [-0.15, -0.1) is 11.8 Å². The van der Waals surface area contributed by atoms with Crippen molar-refractivity contribution in [3.8, 4) is 11.5 Å². The Hall–Kier alpha value is -4.58. The second-order valence-electron chi connectivity index (χ2n) is 13.5. The molecular formula is C39H32ClN3O6S2. The minimum absolute atomic E-state index is 0.00276. The van der Waals surface area contributed by atoms with E-state index in [0.29, 0.717) is 34.5 Å². The van der Waals surface area contributed by atoms with Gasteiger partial charge >= 0.3 is 4.87 Å². The van der Waals surface area contributed by atoms with Gasteiger partial charge in [0.2, 0.25) is 11.8 Å². The predicted octanol–water partition coefficient (Wildman–Crippen LogP) is 7.34. The highest BCUT2D eigenvalue weighted by Crippen LogP contribution is 2.68. The maximum Gasteiger partial charge on any atom is 0.305 e. The van der Waals surface area contributed by atoms with E-state index in [2.05, 4.69) is 10.3 Å². The lowest BCUT2D eigenvalue weighted by Gasteiger charge is -2.43. The van der Waals surface area contributed by atoms with Gasteiger partial charge in [0.05, 0.1) is 29.2 Å². The minimum atomic E-state index is -0.422. The van der Waals surface area contributed by atoms with Crippen LogP contribution >= 0.6 is 34.7 Å². The van der Waals surface area contributed by atoms with Crippen molar-refractivity contribution in [2.45, 2.75) is 29.5 Å². The number of hydrogen-bond donors (Lipinski definition) is 2. The van der Waals surface area contributed by atoms with Crippen LogP contribution in [0.3, 0.4) is 0 Å². The molecule has 3 heterocycles. The molecule has 2 aliphatic carbocycles. The standard InChI is InChI=1S/C39H32ClN3O6S2/c1-2-48-28-16-20(10-15-27(28)49-18-29(44)41-26-9-5-7-19-6-3-4-8-23(19)26)30-31-24-17-25(34(31)50-36-35(30)51-39(47)42-36)33-32(24)37(45)43(38(33)46)22-13-11-21(40)12-14-22/h3-16,24-25,30-34H,2,17-18H2,1H3,(H,41,44)(H,42,47)/t24-,25-,30+,31-,32+,33+,34-/m1/s1. The maximum absolute atomic E-state index is 14.1. The van der Waals surface area contributed by atoms with Crippen LogP contribution in [-0.4, -0.2) is 41.2 Å². The summed E-state index contributed by atoms with van der Waals surface area (Å²) in [5, 5.41) is 6.34. The number of carbonyl (C=O) groups is 3. The molecule has 2 N–H and O–H groups in total. The summed E-state index contributed by atoms with van der Waals surface area (Å²) in [7, 11) is 0. The number of benzene rings is 4. The summed E-state index contributed by atoms with van der Waals surface area (Å²) in [6.45, 7) is 2.05. The van der Waals surface area contributed by atoms with Crippen molar-refractivity contribution in [2.75, 3.05) is 23.4 Å². The topological polar surface area (TPSA) is 118 Å². The predicted molar refractivity (Wildman–Crippen MR) is 198 cm³/mol. The molecule has 0 unspecified atom stereocenters. The molecule has 51 heavy (non-hydrogen) atoms. The highest BCUT2D eigenvalue weighted by molar-refractivity contribution is 8.00. The number of nitrogens with zero attached hydrogens (tertiary/aromatic N) is 1. The SMILES string of the molecule is CCOc1cc([C@@H]2c3sc(=O)[nH]c3S[C@@H]3[C@@H]4C[C@@H]([C@@H]5C(=O)N(c6ccc(Cl)cc6)C(=O)[C@@H]45)[C@H]23)ccc1OCC(=O)Nc1cccc2ccccc12. The third-order valence-corrected chi connectivity index (χ3v) is 13.7. The Balaban J connectivity index is 1.01. The normalized spacial score (nSPS) is 25.8. The molecule has 0 radical (unpaired) electrons. The Kier molecular flexibility index (Phi) is 7.97. The molecule has 5 aromatic rings. The number of amides is 3. The molecule has 4 aromatic carbocycles. The van der Waals surface area contributed by atoms with E-state index in [1.54, 1.807) is 36.0 Å². The monoisotopic (exact) mass is 737 g/mol. The Morgan fingerprint density at radius 1 is 0.922 bits per heavy atom. The van der Waals surface area contributed by atoms with Crippen LogP contribution in [0.5, 0.6) is 11.5 Å². The highest BCUT2D eigenvalue weighted by atomic mass is 35.5. The molecule has 258 valence electrons. The first-order chi connectivity index (χ1) is 24.8. The Morgan fingerprint density at radius 2 is 1.69 bits per heavy atom. The molecular weight excluding hydrogens is 706 g/mol. The number of hydrogen-bond acceptors (Lipinski definition) is 8. The minimum Gasteiger partial charge on any atom is -0.490 e. The summed E-state index contributed by atoms with van der Waals surface area (Å²) in [6, 6.07) is 26.2. The molecule has 3 amide bonds. The first kappa shape index (κ1) is 32.3. The summed E-state index contributed by atoms with van der Waals surface area (Å²) in [6.07, 6.45) is 0.782. The van der Waals surface area contributed by atoms with Gasteiger partial charge < -0.3 is 19.8 Å². The van der Waals surface area contributed by atoms with Gasteiger partial charge in [-0.1, -0.05) is 65.4 Å². The summed E-state index contributed by atoms with van der Waals surface area (Å²) in [5.74, 6) is -0.704. The summed E-state index contributed by atoms with van der Waals surface area (Å²) in [4.78, 5) is 59.0. The number of thioether (sulfide) groups is 1. The number of anilines is 2. The number of imide groups is 1. The number of fused-ring (bicyclic) bond motifs is 10. The second-order valence-corrected chi connectivity index (χ2v) is 16.1. The molecule has 0 spiro atoms. The molecule has 12 heteroatoms. The van der Waals surface area contributed by atoms with Gasteiger partial charge in [0, 0.05) is 32.1 Å². The molecule has 3 fully saturated rings. The lowest BCUT2D eigenvalue weighted by atomic mass is 9.68. The van der Waals surface area contributed by atoms with Crippen LogP contribution in [0.4, 0.5) is 11.4 Å². The number of aromatic amines is 1. The smallest absolute Gasteiger partial charge is 0.305 e. The third kappa shape index (κ3) is 5.27. The Bertz CT molecular complexity index is 2280. The number of carbonyl (C=O) groups excluding carboxylic acids is 3. The zero-order valence-electron chi connectivity index (χ0n) is 27.3. The highest BCUT2D eigenvalue weighted by Gasteiger charge is 2.69. The number of H-pyrrole nitrogens is 1. The first-order valence-corrected chi connectivity index (χ1v) is 19.1. The van der Waals surface area contributed by atoms with Crippen molar-refractivity contribution in [3.63, 3.8) is 0 Å². The van der Waals surface area contributed by atoms with E-state index < -0.39 is 11.8 Å². The van der Waals surface area contributed by atoms with E-state index >= 15 is 0 Å². The average Bonchev–Trinajstić information content (AvgIpc) is 3.87. The van der Waals surface area contributed by atoms with E-state index in [-0.39, 0.29) is 58.1 Å². The van der Waals surface area contributed by atoms with Crippen LogP contribution in [0.1, 0.15) is 29.7 Å². The molecule has 9 nitrogen and oxygen atoms in total. The number of nitrogens with one attached hydrogen (secondary N) is 2. The van der Waals surface area contributed by atoms with Crippen molar-refractivity contribution >= 4 is 74.6 Å². The van der Waals surface area contributed by atoms with Crippen molar-refractivity contribution in [1.29, 1.82) is 0 Å². The van der Waals surface area contributed by atoms with E-state index in [1.807, 2.05) is 67.6 Å². The summed E-state index contributed by atoms with van der Waals surface area (Å²) >= 11 is 8.96. The molecule has 1 aromatic heterocycles. The number of halogens is 1. The fourth-order valence-electron chi connectivity index (χ4n) is 9.00. The van der Waals surface area contributed by atoms with E-state index in [9.17, 15) is 19.2 Å². The van der Waals surface area contributed by atoms with Gasteiger partial charge in [0.1, 0.15) is 0 Å². The van der Waals surface area contributed by atoms with Crippen LogP contribution in [-0.2, 0) is 14.4 Å². The van der Waals surface area contributed by atoms with Crippen LogP contribution in [0.2, 0.25) is 5.02 Å². The van der Waals surface area contributed by atoms with Crippen LogP contribution in [0.15, 0.2) is 94.7 Å². The molecule has 4 aliphatic rings. The van der Waals surface area contributed by atoms with E-state index in [0.717, 1.165) is 32.7 Å². The largest absolute Gasteiger partial charge is 0.490 e. The Labute approximate surface area is 306 Å². The van der Waals surface area contributed by atoms with Crippen LogP contribution in [0.25, 0.3) is 10.8 Å². The fraction of sp³-hybridized carbons (Fsp3) is 0.282. The van der Waals surface area contributed by atoms with Crippen molar-refractivity contribution in [1.82, 2.24) is 4.98 Å². The number of ether oxygens (including phenoxy) is 2. The van der Waals surface area contributed by atoms with Gasteiger partial charge in [0.25, 0.3) is 5.91 Å². The lowest BCUT2D eigenvalue weighted by Crippen LogP contribution is -2.42. The van der Waals surface area contributed by atoms with Crippen LogP contribution < -0.4 is 24.6 Å². The van der Waals surface area contributed by atoms with Gasteiger partial charge in [-0.25, -0.2) is 0 Å². The second kappa shape index (κ2) is 12.6. The van der Waals surface area contributed by atoms with E-state index in [4.69, 9.17) is 21.1 Å².